The molecule has 7 nitrogen and oxygen atoms in total. The van der Waals surface area contributed by atoms with Gasteiger partial charge in [0.1, 0.15) is 0 Å². The van der Waals surface area contributed by atoms with Crippen molar-refractivity contribution in [3.63, 3.8) is 0 Å². The first-order valence-corrected chi connectivity index (χ1v) is 8.98. The van der Waals surface area contributed by atoms with Crippen molar-refractivity contribution in [2.45, 2.75) is 18.5 Å². The van der Waals surface area contributed by atoms with Gasteiger partial charge in [0.15, 0.2) is 0 Å². The van der Waals surface area contributed by atoms with Crippen LogP contribution in [-0.2, 0) is 11.0 Å². The maximum Gasteiger partial charge on any atom is 0.416 e. The summed E-state index contributed by atoms with van der Waals surface area (Å²) in [6.07, 6.45) is -4.30. The van der Waals surface area contributed by atoms with Gasteiger partial charge in [-0.3, -0.25) is 14.9 Å². The molecule has 1 aliphatic rings. The van der Waals surface area contributed by atoms with E-state index in [9.17, 15) is 22.8 Å². The largest absolute Gasteiger partial charge is 0.416 e. The zero-order valence-electron chi connectivity index (χ0n) is 15.4. The van der Waals surface area contributed by atoms with Gasteiger partial charge in [-0.05, 0) is 36.4 Å². The molecule has 0 bridgehead atoms. The third-order valence-electron chi connectivity index (χ3n) is 4.68. The molecule has 2 amide bonds. The Balaban J connectivity index is 1.42. The molecule has 30 heavy (non-hydrogen) atoms. The number of benzene rings is 2. The predicted molar refractivity (Wildman–Crippen MR) is 99.8 cm³/mol. The molecule has 0 spiro atoms. The predicted octanol–water partition coefficient (Wildman–Crippen LogP) is 3.86. The Hall–Kier alpha value is -3.69. The second-order valence-electron chi connectivity index (χ2n) is 6.72. The minimum Gasteiger partial charge on any atom is -0.407 e. The average molecular weight is 416 g/mol. The molecule has 1 atom stereocenters. The smallest absolute Gasteiger partial charge is 0.407 e. The van der Waals surface area contributed by atoms with Crippen LogP contribution in [0.2, 0.25) is 0 Å². The SMILES string of the molecule is O=C(Nc1nnc(C2CC(=O)N(c3ccccc3)C2)o1)c1ccc(C(F)(F)F)cc1. The average Bonchev–Trinajstić information content (AvgIpc) is 3.34. The highest BCUT2D eigenvalue weighted by Crippen LogP contribution is 2.32. The standard InChI is InChI=1S/C20H15F3N4O3/c21-20(22,23)14-8-6-12(7-9-14)17(29)24-19-26-25-18(30-19)13-10-16(28)27(11-13)15-4-2-1-3-5-15/h1-9,13H,10-11H2,(H,24,26,29). The van der Waals surface area contributed by atoms with E-state index in [1.54, 1.807) is 4.90 Å². The topological polar surface area (TPSA) is 88.3 Å². The first-order valence-electron chi connectivity index (χ1n) is 8.98. The summed E-state index contributed by atoms with van der Waals surface area (Å²) in [4.78, 5) is 26.1. The molecule has 154 valence electrons. The van der Waals surface area contributed by atoms with E-state index in [-0.39, 0.29) is 35.7 Å². The van der Waals surface area contributed by atoms with Crippen LogP contribution in [0.25, 0.3) is 0 Å². The summed E-state index contributed by atoms with van der Waals surface area (Å²) in [6.45, 7) is 0.358. The summed E-state index contributed by atoms with van der Waals surface area (Å²) >= 11 is 0. The van der Waals surface area contributed by atoms with E-state index in [1.807, 2.05) is 30.3 Å². The summed E-state index contributed by atoms with van der Waals surface area (Å²) in [5.41, 5.74) is -0.0811. The highest BCUT2D eigenvalue weighted by molar-refractivity contribution is 6.03. The van der Waals surface area contributed by atoms with Crippen LogP contribution in [0.3, 0.4) is 0 Å². The van der Waals surface area contributed by atoms with Gasteiger partial charge in [0, 0.05) is 24.2 Å². The van der Waals surface area contributed by atoms with E-state index in [0.717, 1.165) is 30.0 Å². The fourth-order valence-corrected chi connectivity index (χ4v) is 3.16. The fourth-order valence-electron chi connectivity index (χ4n) is 3.16. The third-order valence-corrected chi connectivity index (χ3v) is 4.68. The molecular formula is C20H15F3N4O3. The van der Waals surface area contributed by atoms with E-state index in [4.69, 9.17) is 4.42 Å². The van der Waals surface area contributed by atoms with Crippen molar-refractivity contribution in [3.05, 3.63) is 71.6 Å². The molecule has 0 aliphatic carbocycles. The Morgan fingerprint density at radius 2 is 1.77 bits per heavy atom. The number of hydrogen-bond acceptors (Lipinski definition) is 5. The number of hydrogen-bond donors (Lipinski definition) is 1. The Morgan fingerprint density at radius 1 is 1.07 bits per heavy atom. The number of anilines is 2. The Kier molecular flexibility index (Phi) is 4.98. The molecule has 1 aliphatic heterocycles. The van der Waals surface area contributed by atoms with Crippen molar-refractivity contribution in [1.29, 1.82) is 0 Å². The highest BCUT2D eigenvalue weighted by atomic mass is 19.4. The van der Waals surface area contributed by atoms with Crippen LogP contribution in [0.4, 0.5) is 24.9 Å². The number of rotatable bonds is 4. The van der Waals surface area contributed by atoms with Crippen LogP contribution in [0.1, 0.15) is 34.2 Å². The zero-order valence-corrected chi connectivity index (χ0v) is 15.4. The molecule has 10 heteroatoms. The van der Waals surface area contributed by atoms with Crippen LogP contribution in [0, 0.1) is 0 Å². The molecule has 1 saturated heterocycles. The molecule has 2 aromatic carbocycles. The monoisotopic (exact) mass is 416 g/mol. The molecule has 0 radical (unpaired) electrons. The third kappa shape index (κ3) is 4.02. The molecule has 1 unspecified atom stereocenters. The van der Waals surface area contributed by atoms with Gasteiger partial charge in [0.05, 0.1) is 11.5 Å². The summed E-state index contributed by atoms with van der Waals surface area (Å²) in [7, 11) is 0. The summed E-state index contributed by atoms with van der Waals surface area (Å²) < 4.78 is 43.3. The number of nitrogens with zero attached hydrogens (tertiary/aromatic N) is 3. The quantitative estimate of drug-likeness (QED) is 0.698. The van der Waals surface area contributed by atoms with Crippen molar-refractivity contribution in [2.75, 3.05) is 16.8 Å². The number of carbonyl (C=O) groups is 2. The van der Waals surface area contributed by atoms with Crippen LogP contribution in [-0.4, -0.2) is 28.6 Å². The van der Waals surface area contributed by atoms with Crippen molar-refractivity contribution in [1.82, 2.24) is 10.2 Å². The number of alkyl halides is 3. The van der Waals surface area contributed by atoms with E-state index in [1.165, 1.54) is 0 Å². The molecule has 1 aromatic heterocycles. The number of aromatic nitrogens is 2. The lowest BCUT2D eigenvalue weighted by Gasteiger charge is -2.15. The summed E-state index contributed by atoms with van der Waals surface area (Å²) in [5.74, 6) is -0.904. The highest BCUT2D eigenvalue weighted by Gasteiger charge is 2.35. The Labute approximate surface area is 168 Å². The molecule has 2 heterocycles. The van der Waals surface area contributed by atoms with E-state index in [2.05, 4.69) is 15.5 Å². The lowest BCUT2D eigenvalue weighted by Crippen LogP contribution is -2.24. The number of halogens is 3. The molecule has 1 N–H and O–H groups in total. The van der Waals surface area contributed by atoms with E-state index in [0.29, 0.717) is 6.54 Å². The van der Waals surface area contributed by atoms with E-state index < -0.39 is 17.6 Å². The van der Waals surface area contributed by atoms with Gasteiger partial charge >= 0.3 is 12.2 Å². The van der Waals surface area contributed by atoms with Crippen molar-refractivity contribution < 1.29 is 27.2 Å². The fraction of sp³-hybridized carbons (Fsp3) is 0.200. The molecule has 0 saturated carbocycles. The number of carbonyl (C=O) groups excluding carboxylic acids is 2. The van der Waals surface area contributed by atoms with Crippen LogP contribution < -0.4 is 10.2 Å². The van der Waals surface area contributed by atoms with Gasteiger partial charge in [0.2, 0.25) is 11.8 Å². The Bertz CT molecular complexity index is 1060. The van der Waals surface area contributed by atoms with Crippen molar-refractivity contribution >= 4 is 23.5 Å². The van der Waals surface area contributed by atoms with Crippen LogP contribution >= 0.6 is 0 Å². The minimum atomic E-state index is -4.48. The molecule has 1 fully saturated rings. The molecule has 3 aromatic rings. The summed E-state index contributed by atoms with van der Waals surface area (Å²) in [6, 6.07) is 12.7. The molecule has 4 rings (SSSR count). The number of nitrogens with one attached hydrogen (secondary N) is 1. The second-order valence-corrected chi connectivity index (χ2v) is 6.72. The number of para-hydroxylation sites is 1. The van der Waals surface area contributed by atoms with Gasteiger partial charge in [-0.1, -0.05) is 23.3 Å². The van der Waals surface area contributed by atoms with Gasteiger partial charge in [-0.2, -0.15) is 13.2 Å². The van der Waals surface area contributed by atoms with Crippen molar-refractivity contribution in [3.8, 4) is 0 Å². The second kappa shape index (κ2) is 7.62. The van der Waals surface area contributed by atoms with E-state index >= 15 is 0 Å². The van der Waals surface area contributed by atoms with Gasteiger partial charge < -0.3 is 9.32 Å². The maximum absolute atomic E-state index is 12.6. The van der Waals surface area contributed by atoms with Gasteiger partial charge in [-0.25, -0.2) is 0 Å². The Morgan fingerprint density at radius 3 is 2.43 bits per heavy atom. The first-order chi connectivity index (χ1) is 14.3. The van der Waals surface area contributed by atoms with Crippen LogP contribution in [0.15, 0.2) is 59.0 Å². The lowest BCUT2D eigenvalue weighted by atomic mass is 10.1. The summed E-state index contributed by atoms with van der Waals surface area (Å²) in [5, 5.41) is 10.00. The first kappa shape index (κ1) is 19.6. The van der Waals surface area contributed by atoms with Crippen LogP contribution in [0.5, 0.6) is 0 Å². The minimum absolute atomic E-state index is 0.00838. The normalized spacial score (nSPS) is 16.7. The maximum atomic E-state index is 12.6. The number of amides is 2. The lowest BCUT2D eigenvalue weighted by molar-refractivity contribution is -0.137. The van der Waals surface area contributed by atoms with Gasteiger partial charge in [0.25, 0.3) is 5.91 Å². The van der Waals surface area contributed by atoms with Crippen molar-refractivity contribution in [2.24, 2.45) is 0 Å². The molecular weight excluding hydrogens is 401 g/mol. The zero-order chi connectivity index (χ0) is 21.3. The van der Waals surface area contributed by atoms with Gasteiger partial charge in [-0.15, -0.1) is 5.10 Å².